The van der Waals surface area contributed by atoms with Crippen LogP contribution in [-0.4, -0.2) is 43.6 Å². The van der Waals surface area contributed by atoms with Crippen molar-refractivity contribution < 1.29 is 21.6 Å². The van der Waals surface area contributed by atoms with Crippen LogP contribution in [0.5, 0.6) is 0 Å². The third-order valence-corrected chi connectivity index (χ3v) is 4.69. The highest BCUT2D eigenvalue weighted by atomic mass is 32.2. The Balaban J connectivity index is 2.91. The summed E-state index contributed by atoms with van der Waals surface area (Å²) in [6.45, 7) is 1.73. The highest BCUT2D eigenvalue weighted by Crippen LogP contribution is 2.22. The van der Waals surface area contributed by atoms with Gasteiger partial charge in [-0.05, 0) is 19.0 Å². The quantitative estimate of drug-likeness (QED) is 0.776. The normalized spacial score (nSPS) is 13.1. The maximum atomic E-state index is 12.3. The van der Waals surface area contributed by atoms with Gasteiger partial charge >= 0.3 is 6.18 Å². The molecular formula is C12H20F3N3O2S. The molecule has 0 fully saturated rings. The van der Waals surface area contributed by atoms with Gasteiger partial charge in [-0.1, -0.05) is 6.92 Å². The first-order valence-corrected chi connectivity index (χ1v) is 7.91. The summed E-state index contributed by atoms with van der Waals surface area (Å²) in [6.07, 6.45) is -2.31. The first-order valence-electron chi connectivity index (χ1n) is 6.47. The highest BCUT2D eigenvalue weighted by Gasteiger charge is 2.35. The third-order valence-electron chi connectivity index (χ3n) is 2.93. The molecule has 9 heteroatoms. The van der Waals surface area contributed by atoms with Crippen molar-refractivity contribution in [2.24, 2.45) is 7.05 Å². The number of aromatic nitrogens is 1. The lowest BCUT2D eigenvalue weighted by atomic mass is 10.4. The smallest absolute Gasteiger partial charge is 0.352 e. The Labute approximate surface area is 122 Å². The standard InChI is InChI=1S/C12H20F3N3O2S/c1-4-5-16-7-10-6-11(8-17(10)2)21(19,20)18(3)9-12(13,14)15/h6,8,16H,4-5,7,9H2,1-3H3. The van der Waals surface area contributed by atoms with Gasteiger partial charge in [-0.15, -0.1) is 0 Å². The summed E-state index contributed by atoms with van der Waals surface area (Å²) in [6, 6.07) is 1.39. The minimum absolute atomic E-state index is 0.134. The zero-order valence-corrected chi connectivity index (χ0v) is 13.1. The van der Waals surface area contributed by atoms with E-state index in [0.29, 0.717) is 16.5 Å². The van der Waals surface area contributed by atoms with Gasteiger partial charge in [0.15, 0.2) is 0 Å². The molecule has 0 spiro atoms. The maximum Gasteiger partial charge on any atom is 0.402 e. The van der Waals surface area contributed by atoms with Gasteiger partial charge in [-0.2, -0.15) is 17.5 Å². The van der Waals surface area contributed by atoms with Gasteiger partial charge in [-0.25, -0.2) is 8.42 Å². The van der Waals surface area contributed by atoms with Gasteiger partial charge in [0.1, 0.15) is 11.4 Å². The van der Waals surface area contributed by atoms with E-state index in [1.807, 2.05) is 6.92 Å². The number of hydrogen-bond donors (Lipinski definition) is 1. The highest BCUT2D eigenvalue weighted by molar-refractivity contribution is 7.89. The number of sulfonamides is 1. The number of hydrogen-bond acceptors (Lipinski definition) is 3. The average molecular weight is 327 g/mol. The summed E-state index contributed by atoms with van der Waals surface area (Å²) < 4.78 is 63.1. The first-order chi connectivity index (χ1) is 9.58. The largest absolute Gasteiger partial charge is 0.402 e. The summed E-state index contributed by atoms with van der Waals surface area (Å²) in [5, 5.41) is 3.12. The molecule has 0 saturated carbocycles. The summed E-state index contributed by atoms with van der Waals surface area (Å²) in [5.74, 6) is 0. The number of alkyl halides is 3. The Bertz CT molecular complexity index is 567. The van der Waals surface area contributed by atoms with Crippen LogP contribution in [0.4, 0.5) is 13.2 Å². The minimum atomic E-state index is -4.57. The molecule has 1 aromatic heterocycles. The van der Waals surface area contributed by atoms with E-state index in [-0.39, 0.29) is 4.90 Å². The van der Waals surface area contributed by atoms with Gasteiger partial charge in [0.25, 0.3) is 0 Å². The molecular weight excluding hydrogens is 307 g/mol. The maximum absolute atomic E-state index is 12.3. The van der Waals surface area contributed by atoms with Crippen LogP contribution in [0.15, 0.2) is 17.2 Å². The van der Waals surface area contributed by atoms with Gasteiger partial charge in [0, 0.05) is 32.5 Å². The summed E-state index contributed by atoms with van der Waals surface area (Å²) >= 11 is 0. The van der Waals surface area contributed by atoms with Gasteiger partial charge in [0.2, 0.25) is 10.0 Å². The Hall–Kier alpha value is -1.06. The Morgan fingerprint density at radius 1 is 1.38 bits per heavy atom. The van der Waals surface area contributed by atoms with Crippen LogP contribution >= 0.6 is 0 Å². The fourth-order valence-corrected chi connectivity index (χ4v) is 3.06. The molecule has 0 bridgehead atoms. The van der Waals surface area contributed by atoms with Crippen LogP contribution in [0, 0.1) is 0 Å². The molecule has 1 heterocycles. The molecule has 0 unspecified atom stereocenters. The summed E-state index contributed by atoms with van der Waals surface area (Å²) in [5.41, 5.74) is 0.697. The van der Waals surface area contributed by atoms with E-state index < -0.39 is 22.7 Å². The van der Waals surface area contributed by atoms with Crippen molar-refractivity contribution in [3.05, 3.63) is 18.0 Å². The van der Waals surface area contributed by atoms with Crippen LogP contribution in [0.3, 0.4) is 0 Å². The second-order valence-electron chi connectivity index (χ2n) is 4.83. The molecule has 1 rings (SSSR count). The molecule has 0 atom stereocenters. The SMILES string of the molecule is CCCNCc1cc(S(=O)(=O)N(C)CC(F)(F)F)cn1C. The lowest BCUT2D eigenvalue weighted by molar-refractivity contribution is -0.134. The summed E-state index contributed by atoms with van der Waals surface area (Å²) in [7, 11) is -1.56. The molecule has 0 amide bonds. The van der Waals surface area contributed by atoms with E-state index in [4.69, 9.17) is 0 Å². The Kier molecular flexibility index (Phi) is 5.83. The molecule has 0 saturated heterocycles. The number of nitrogens with one attached hydrogen (secondary N) is 1. The molecule has 0 aliphatic carbocycles. The molecule has 122 valence electrons. The molecule has 1 N–H and O–H groups in total. The van der Waals surface area contributed by atoms with Crippen molar-refractivity contribution in [2.75, 3.05) is 20.1 Å². The molecule has 1 aromatic rings. The fourth-order valence-electron chi connectivity index (χ4n) is 1.80. The third kappa shape index (κ3) is 5.01. The van der Waals surface area contributed by atoms with Gasteiger partial charge in [0.05, 0.1) is 0 Å². The Morgan fingerprint density at radius 3 is 2.52 bits per heavy atom. The van der Waals surface area contributed by atoms with Crippen molar-refractivity contribution in [1.82, 2.24) is 14.2 Å². The van der Waals surface area contributed by atoms with E-state index in [2.05, 4.69) is 5.32 Å². The minimum Gasteiger partial charge on any atom is -0.352 e. The van der Waals surface area contributed by atoms with E-state index in [1.165, 1.54) is 12.3 Å². The van der Waals surface area contributed by atoms with Crippen LogP contribution in [0.2, 0.25) is 0 Å². The first kappa shape index (κ1) is 18.0. The summed E-state index contributed by atoms with van der Waals surface area (Å²) in [4.78, 5) is -0.134. The van der Waals surface area contributed by atoms with E-state index >= 15 is 0 Å². The van der Waals surface area contributed by atoms with Crippen molar-refractivity contribution in [1.29, 1.82) is 0 Å². The van der Waals surface area contributed by atoms with Crippen LogP contribution in [-0.2, 0) is 23.6 Å². The second-order valence-corrected chi connectivity index (χ2v) is 6.88. The number of rotatable bonds is 7. The molecule has 5 nitrogen and oxygen atoms in total. The van der Waals surface area contributed by atoms with E-state index in [1.54, 1.807) is 11.6 Å². The Morgan fingerprint density at radius 2 is 2.00 bits per heavy atom. The predicted molar refractivity (Wildman–Crippen MR) is 73.3 cm³/mol. The van der Waals surface area contributed by atoms with Crippen molar-refractivity contribution in [3.63, 3.8) is 0 Å². The molecule has 0 aliphatic rings. The van der Waals surface area contributed by atoms with Crippen LogP contribution in [0.1, 0.15) is 19.0 Å². The molecule has 0 aromatic carbocycles. The van der Waals surface area contributed by atoms with Crippen LogP contribution < -0.4 is 5.32 Å². The monoisotopic (exact) mass is 327 g/mol. The molecule has 0 radical (unpaired) electrons. The predicted octanol–water partition coefficient (Wildman–Crippen LogP) is 1.71. The van der Waals surface area contributed by atoms with Crippen LogP contribution in [0.25, 0.3) is 0 Å². The fraction of sp³-hybridized carbons (Fsp3) is 0.667. The average Bonchev–Trinajstić information content (AvgIpc) is 2.70. The number of aryl methyl sites for hydroxylation is 1. The van der Waals surface area contributed by atoms with Gasteiger partial charge < -0.3 is 9.88 Å². The number of nitrogens with zero attached hydrogens (tertiary/aromatic N) is 2. The van der Waals surface area contributed by atoms with Gasteiger partial charge in [-0.3, -0.25) is 0 Å². The molecule has 21 heavy (non-hydrogen) atoms. The second kappa shape index (κ2) is 6.80. The lowest BCUT2D eigenvalue weighted by Crippen LogP contribution is -2.35. The number of halogens is 3. The van der Waals surface area contributed by atoms with Crippen molar-refractivity contribution >= 4 is 10.0 Å². The zero-order valence-electron chi connectivity index (χ0n) is 12.2. The zero-order chi connectivity index (χ0) is 16.3. The van der Waals surface area contributed by atoms with E-state index in [9.17, 15) is 21.6 Å². The lowest BCUT2D eigenvalue weighted by Gasteiger charge is -2.17. The van der Waals surface area contributed by atoms with Crippen molar-refractivity contribution in [2.45, 2.75) is 31.0 Å². The van der Waals surface area contributed by atoms with Crippen molar-refractivity contribution in [3.8, 4) is 0 Å². The van der Waals surface area contributed by atoms with E-state index in [0.717, 1.165) is 20.0 Å². The topological polar surface area (TPSA) is 54.3 Å². The molecule has 0 aliphatic heterocycles.